The molecule has 2 aliphatic heterocycles. The van der Waals surface area contributed by atoms with Gasteiger partial charge in [-0.05, 0) is 60.9 Å². The maximum atomic E-state index is 6.23. The number of nitrogens with zero attached hydrogens (tertiary/aromatic N) is 1. The molecule has 0 bridgehead atoms. The van der Waals surface area contributed by atoms with E-state index in [-0.39, 0.29) is 5.60 Å². The molecule has 1 aromatic heterocycles. The lowest BCUT2D eigenvalue weighted by molar-refractivity contribution is -0.0727. The maximum absolute atomic E-state index is 6.23. The van der Waals surface area contributed by atoms with Gasteiger partial charge in [-0.25, -0.2) is 0 Å². The van der Waals surface area contributed by atoms with Gasteiger partial charge in [0.25, 0.3) is 0 Å². The first kappa shape index (κ1) is 15.5. The number of hydrogen-bond donors (Lipinski definition) is 0. The molecule has 0 N–H and O–H groups in total. The van der Waals surface area contributed by atoms with E-state index in [9.17, 15) is 0 Å². The predicted molar refractivity (Wildman–Crippen MR) is 86.7 cm³/mol. The first-order valence-electron chi connectivity index (χ1n) is 8.27. The second kappa shape index (κ2) is 7.23. The monoisotopic (exact) mass is 309 g/mol. The highest BCUT2D eigenvalue weighted by atomic mass is 32.1. The fourth-order valence-electron chi connectivity index (χ4n) is 3.85. The molecular formula is C17H27NO2S. The van der Waals surface area contributed by atoms with Crippen molar-refractivity contribution in [3.05, 3.63) is 22.4 Å². The summed E-state index contributed by atoms with van der Waals surface area (Å²) in [6.45, 7) is 8.18. The summed E-state index contributed by atoms with van der Waals surface area (Å²) in [6, 6.07) is 2.24. The molecule has 0 aromatic carbocycles. The Hall–Kier alpha value is -0.420. The second-order valence-electron chi connectivity index (χ2n) is 6.29. The molecule has 0 aliphatic carbocycles. The van der Waals surface area contributed by atoms with Gasteiger partial charge in [0.05, 0.1) is 5.60 Å². The molecule has 21 heavy (non-hydrogen) atoms. The van der Waals surface area contributed by atoms with E-state index in [1.54, 1.807) is 11.3 Å². The van der Waals surface area contributed by atoms with Gasteiger partial charge in [-0.2, -0.15) is 11.3 Å². The Labute approximate surface area is 132 Å². The molecule has 1 unspecified atom stereocenters. The molecule has 3 nitrogen and oxygen atoms in total. The topological polar surface area (TPSA) is 21.7 Å². The van der Waals surface area contributed by atoms with Crippen LogP contribution in [-0.4, -0.2) is 43.4 Å². The van der Waals surface area contributed by atoms with E-state index in [2.05, 4.69) is 28.7 Å². The summed E-state index contributed by atoms with van der Waals surface area (Å²) < 4.78 is 11.8. The minimum atomic E-state index is 0.155. The molecule has 0 radical (unpaired) electrons. The zero-order valence-electron chi connectivity index (χ0n) is 13.1. The first-order valence-corrected chi connectivity index (χ1v) is 9.22. The van der Waals surface area contributed by atoms with Gasteiger partial charge in [0.15, 0.2) is 0 Å². The summed E-state index contributed by atoms with van der Waals surface area (Å²) >= 11 is 1.79. The lowest BCUT2D eigenvalue weighted by Gasteiger charge is -2.42. The van der Waals surface area contributed by atoms with Gasteiger partial charge in [-0.1, -0.05) is 0 Å². The quantitative estimate of drug-likeness (QED) is 0.750. The normalized spacial score (nSPS) is 25.7. The van der Waals surface area contributed by atoms with Crippen LogP contribution in [0.1, 0.15) is 38.2 Å². The zero-order chi connectivity index (χ0) is 14.5. The minimum absolute atomic E-state index is 0.155. The number of ether oxygens (including phenoxy) is 2. The van der Waals surface area contributed by atoms with E-state index in [0.717, 1.165) is 26.4 Å². The zero-order valence-corrected chi connectivity index (χ0v) is 13.9. The Morgan fingerprint density at radius 1 is 1.43 bits per heavy atom. The van der Waals surface area contributed by atoms with Crippen molar-refractivity contribution in [2.75, 3.05) is 32.9 Å². The van der Waals surface area contributed by atoms with Crippen molar-refractivity contribution >= 4 is 11.3 Å². The van der Waals surface area contributed by atoms with Crippen molar-refractivity contribution in [3.63, 3.8) is 0 Å². The van der Waals surface area contributed by atoms with Crippen LogP contribution < -0.4 is 0 Å². The smallest absolute Gasteiger partial charge is 0.0736 e. The number of hydrogen-bond acceptors (Lipinski definition) is 4. The van der Waals surface area contributed by atoms with Crippen LogP contribution >= 0.6 is 11.3 Å². The lowest BCUT2D eigenvalue weighted by Crippen LogP contribution is -2.47. The first-order chi connectivity index (χ1) is 10.3. The van der Waals surface area contributed by atoms with Gasteiger partial charge in [-0.3, -0.25) is 4.90 Å². The molecule has 2 saturated heterocycles. The molecule has 118 valence electrons. The molecule has 1 aromatic rings. The molecule has 3 heterocycles. The van der Waals surface area contributed by atoms with Gasteiger partial charge in [0.1, 0.15) is 0 Å². The van der Waals surface area contributed by atoms with E-state index in [0.29, 0.717) is 5.92 Å². The average Bonchev–Trinajstić information content (AvgIpc) is 3.13. The fraction of sp³-hybridized carbons (Fsp3) is 0.765. The summed E-state index contributed by atoms with van der Waals surface area (Å²) in [5.74, 6) is 0.701. The Morgan fingerprint density at radius 3 is 3.00 bits per heavy atom. The van der Waals surface area contributed by atoms with Crippen molar-refractivity contribution in [3.8, 4) is 0 Å². The summed E-state index contributed by atoms with van der Waals surface area (Å²) in [4.78, 5) is 2.58. The standard InChI is InChI=1S/C17H27NO2S/c1-2-19-10-3-16-4-11-20-17(16)6-8-18(9-7-17)13-15-5-12-21-14-15/h5,12,14,16H,2-4,6-11,13H2,1H3. The van der Waals surface area contributed by atoms with Crippen LogP contribution in [0.15, 0.2) is 16.8 Å². The van der Waals surface area contributed by atoms with E-state index in [1.165, 1.54) is 44.3 Å². The molecule has 2 fully saturated rings. The van der Waals surface area contributed by atoms with Crippen molar-refractivity contribution in [2.24, 2.45) is 5.92 Å². The van der Waals surface area contributed by atoms with Crippen LogP contribution in [0.3, 0.4) is 0 Å². The summed E-state index contributed by atoms with van der Waals surface area (Å²) in [7, 11) is 0. The van der Waals surface area contributed by atoms with Gasteiger partial charge in [-0.15, -0.1) is 0 Å². The van der Waals surface area contributed by atoms with E-state index >= 15 is 0 Å². The second-order valence-corrected chi connectivity index (χ2v) is 7.07. The Kier molecular flexibility index (Phi) is 5.33. The molecule has 1 spiro atoms. The highest BCUT2D eigenvalue weighted by molar-refractivity contribution is 7.07. The third-order valence-electron chi connectivity index (χ3n) is 5.10. The number of thiophene rings is 1. The third-order valence-corrected chi connectivity index (χ3v) is 5.84. The highest BCUT2D eigenvalue weighted by Gasteiger charge is 2.45. The average molecular weight is 309 g/mol. The van der Waals surface area contributed by atoms with Crippen LogP contribution in [0.4, 0.5) is 0 Å². The van der Waals surface area contributed by atoms with Gasteiger partial charge < -0.3 is 9.47 Å². The third kappa shape index (κ3) is 3.67. The predicted octanol–water partition coefficient (Wildman–Crippen LogP) is 3.55. The van der Waals surface area contributed by atoms with Crippen LogP contribution in [0.2, 0.25) is 0 Å². The number of likely N-dealkylation sites (tertiary alicyclic amines) is 1. The SMILES string of the molecule is CCOCCC1CCOC12CCN(Cc1ccsc1)CC2. The van der Waals surface area contributed by atoms with Gasteiger partial charge >= 0.3 is 0 Å². The van der Waals surface area contributed by atoms with Crippen molar-refractivity contribution in [2.45, 2.75) is 44.8 Å². The van der Waals surface area contributed by atoms with Crippen molar-refractivity contribution in [1.82, 2.24) is 4.90 Å². The molecule has 0 saturated carbocycles. The molecule has 2 aliphatic rings. The van der Waals surface area contributed by atoms with Crippen LogP contribution in [-0.2, 0) is 16.0 Å². The maximum Gasteiger partial charge on any atom is 0.0736 e. The van der Waals surface area contributed by atoms with Gasteiger partial charge in [0.2, 0.25) is 0 Å². The number of piperidine rings is 1. The van der Waals surface area contributed by atoms with Crippen LogP contribution in [0.5, 0.6) is 0 Å². The fourth-order valence-corrected chi connectivity index (χ4v) is 4.51. The van der Waals surface area contributed by atoms with E-state index in [1.807, 2.05) is 0 Å². The van der Waals surface area contributed by atoms with Crippen molar-refractivity contribution in [1.29, 1.82) is 0 Å². The Bertz CT molecular complexity index is 412. The molecular weight excluding hydrogens is 282 g/mol. The molecule has 0 amide bonds. The summed E-state index contributed by atoms with van der Waals surface area (Å²) in [6.07, 6.45) is 4.76. The van der Waals surface area contributed by atoms with E-state index < -0.39 is 0 Å². The Balaban J connectivity index is 1.51. The van der Waals surface area contributed by atoms with Crippen LogP contribution in [0.25, 0.3) is 0 Å². The lowest BCUT2D eigenvalue weighted by atomic mass is 9.78. The number of rotatable bonds is 6. The highest BCUT2D eigenvalue weighted by Crippen LogP contribution is 2.42. The molecule has 4 heteroatoms. The minimum Gasteiger partial charge on any atom is -0.382 e. The molecule has 3 rings (SSSR count). The molecule has 1 atom stereocenters. The summed E-state index contributed by atoms with van der Waals surface area (Å²) in [5.41, 5.74) is 1.61. The van der Waals surface area contributed by atoms with Crippen molar-refractivity contribution < 1.29 is 9.47 Å². The Morgan fingerprint density at radius 2 is 2.29 bits per heavy atom. The van der Waals surface area contributed by atoms with Gasteiger partial charge in [0, 0.05) is 39.5 Å². The largest absolute Gasteiger partial charge is 0.382 e. The van der Waals surface area contributed by atoms with Crippen LogP contribution in [0, 0.1) is 5.92 Å². The van der Waals surface area contributed by atoms with E-state index in [4.69, 9.17) is 9.47 Å². The summed E-state index contributed by atoms with van der Waals surface area (Å²) in [5, 5.41) is 4.44.